The average Bonchev–Trinajstić information content (AvgIpc) is 2.38. The number of para-hydroxylation sites is 1. The van der Waals surface area contributed by atoms with E-state index in [2.05, 4.69) is 6.92 Å². The molecule has 1 rings (SSSR count). The van der Waals surface area contributed by atoms with Gasteiger partial charge in [0.05, 0.1) is 0 Å². The van der Waals surface area contributed by atoms with Crippen LogP contribution in [0.5, 0.6) is 5.75 Å². The normalized spacial score (nSPS) is 10.4. The molecule has 4 N–H and O–H groups in total. The quantitative estimate of drug-likeness (QED) is 0.325. The molecule has 0 saturated heterocycles. The van der Waals surface area contributed by atoms with Crippen molar-refractivity contribution in [2.45, 2.75) is 58.3 Å². The molecule has 0 bridgehead atoms. The van der Waals surface area contributed by atoms with Crippen LogP contribution in [0.1, 0.15) is 57.4 Å². The molecule has 0 aliphatic heterocycles. The van der Waals surface area contributed by atoms with Gasteiger partial charge in [0.15, 0.2) is 0 Å². The monoisotopic (exact) mass is 358 g/mol. The molecular formula is C15H28KO5P. The van der Waals surface area contributed by atoms with Crippen molar-refractivity contribution < 1.29 is 24.4 Å². The summed E-state index contributed by atoms with van der Waals surface area (Å²) in [6.45, 7) is 2.25. The number of benzene rings is 1. The molecule has 5 nitrogen and oxygen atoms in total. The fraction of sp³-hybridized carbons (Fsp3) is 0.600. The summed E-state index contributed by atoms with van der Waals surface area (Å²) < 4.78 is 8.88. The van der Waals surface area contributed by atoms with Crippen LogP contribution in [0.25, 0.3) is 0 Å². The fourth-order valence-corrected chi connectivity index (χ4v) is 1.99. The second-order valence-corrected chi connectivity index (χ2v) is 6.04. The molecule has 0 amide bonds. The first-order valence-electron chi connectivity index (χ1n) is 7.39. The van der Waals surface area contributed by atoms with Crippen molar-refractivity contribution >= 4 is 59.2 Å². The van der Waals surface area contributed by atoms with Gasteiger partial charge in [-0.3, -0.25) is 0 Å². The number of rotatable bonds is 8. The van der Waals surface area contributed by atoms with Crippen LogP contribution in [0.15, 0.2) is 24.3 Å². The molecule has 1 aromatic carbocycles. The number of phenols is 1. The Morgan fingerprint density at radius 1 is 0.909 bits per heavy atom. The van der Waals surface area contributed by atoms with Crippen molar-refractivity contribution in [3.63, 3.8) is 0 Å². The van der Waals surface area contributed by atoms with Gasteiger partial charge in [-0.25, -0.2) is 4.57 Å². The molecule has 22 heavy (non-hydrogen) atoms. The number of phenolic OH excluding ortho intramolecular Hbond substituents is 1. The molecule has 0 spiro atoms. The van der Waals surface area contributed by atoms with Crippen molar-refractivity contribution in [2.24, 2.45) is 0 Å². The van der Waals surface area contributed by atoms with E-state index in [1.54, 1.807) is 6.07 Å². The van der Waals surface area contributed by atoms with E-state index in [4.69, 9.17) is 19.2 Å². The van der Waals surface area contributed by atoms with Crippen LogP contribution in [0.2, 0.25) is 0 Å². The van der Waals surface area contributed by atoms with Gasteiger partial charge in [0, 0.05) is 0 Å². The standard InChI is InChI=1S/C15H24O.K.H3O4P.H/c1-2-3-4-5-6-7-8-11-14-12-9-10-13-15(14)16;;1-5(2,3)4;/h9-10,12-13,16H,2-8,11H2,1H3;;(H3,1,2,3,4);. The molecule has 124 valence electrons. The summed E-state index contributed by atoms with van der Waals surface area (Å²) in [5, 5.41) is 9.58. The van der Waals surface area contributed by atoms with Crippen molar-refractivity contribution in [3.05, 3.63) is 29.8 Å². The SMILES string of the molecule is CCCCCCCCCc1ccccc1O.O=P(O)(O)O.[KH]. The Hall–Kier alpha value is 0.766. The molecule has 1 aromatic rings. The number of aromatic hydroxyl groups is 1. The van der Waals surface area contributed by atoms with Crippen LogP contribution in [-0.4, -0.2) is 71.2 Å². The average molecular weight is 358 g/mol. The van der Waals surface area contributed by atoms with Crippen molar-refractivity contribution in [1.82, 2.24) is 0 Å². The van der Waals surface area contributed by atoms with E-state index in [-0.39, 0.29) is 51.4 Å². The topological polar surface area (TPSA) is 98.0 Å². The van der Waals surface area contributed by atoms with Gasteiger partial charge in [-0.2, -0.15) is 0 Å². The number of hydrogen-bond acceptors (Lipinski definition) is 2. The molecule has 0 saturated carbocycles. The molecule has 0 aliphatic rings. The predicted octanol–water partition coefficient (Wildman–Crippen LogP) is 3.11. The van der Waals surface area contributed by atoms with Crippen LogP contribution < -0.4 is 0 Å². The third-order valence-corrected chi connectivity index (χ3v) is 3.04. The van der Waals surface area contributed by atoms with Gasteiger partial charge in [-0.05, 0) is 24.5 Å². The third kappa shape index (κ3) is 18.8. The number of unbranched alkanes of at least 4 members (excludes halogenated alkanes) is 6. The van der Waals surface area contributed by atoms with Crippen LogP contribution in [-0.2, 0) is 11.0 Å². The van der Waals surface area contributed by atoms with Gasteiger partial charge < -0.3 is 19.8 Å². The number of hydrogen-bond donors (Lipinski definition) is 4. The maximum absolute atomic E-state index is 9.58. The molecule has 0 radical (unpaired) electrons. The summed E-state index contributed by atoms with van der Waals surface area (Å²) >= 11 is 0. The second-order valence-electron chi connectivity index (χ2n) is 5.01. The van der Waals surface area contributed by atoms with E-state index in [0.717, 1.165) is 12.0 Å². The van der Waals surface area contributed by atoms with E-state index >= 15 is 0 Å². The molecule has 0 aliphatic carbocycles. The maximum atomic E-state index is 9.58. The van der Waals surface area contributed by atoms with Gasteiger partial charge >= 0.3 is 59.2 Å². The van der Waals surface area contributed by atoms with Crippen LogP contribution in [0.4, 0.5) is 0 Å². The summed E-state index contributed by atoms with van der Waals surface area (Å²) in [7, 11) is -4.64. The molecule has 0 aromatic heterocycles. The van der Waals surface area contributed by atoms with Gasteiger partial charge in [0.25, 0.3) is 0 Å². The van der Waals surface area contributed by atoms with E-state index in [0.29, 0.717) is 5.75 Å². The molecule has 0 fully saturated rings. The van der Waals surface area contributed by atoms with Crippen molar-refractivity contribution in [3.8, 4) is 5.75 Å². The predicted molar refractivity (Wildman–Crippen MR) is 91.2 cm³/mol. The Morgan fingerprint density at radius 2 is 1.36 bits per heavy atom. The fourth-order valence-electron chi connectivity index (χ4n) is 1.99. The van der Waals surface area contributed by atoms with E-state index in [9.17, 15) is 5.11 Å². The Morgan fingerprint density at radius 3 is 1.86 bits per heavy atom. The van der Waals surface area contributed by atoms with Crippen LogP contribution >= 0.6 is 7.82 Å². The number of aryl methyl sites for hydroxylation is 1. The zero-order valence-corrected chi connectivity index (χ0v) is 13.5. The summed E-state index contributed by atoms with van der Waals surface area (Å²) in [6, 6.07) is 7.67. The van der Waals surface area contributed by atoms with E-state index in [1.807, 2.05) is 18.2 Å². The van der Waals surface area contributed by atoms with E-state index < -0.39 is 7.82 Å². The minimum atomic E-state index is -4.64. The molecule has 0 atom stereocenters. The minimum absolute atomic E-state index is 0. The Kier molecular flexibility index (Phi) is 17.4. The Balaban J connectivity index is 0. The summed E-state index contributed by atoms with van der Waals surface area (Å²) in [5.41, 5.74) is 1.09. The third-order valence-electron chi connectivity index (χ3n) is 3.04. The summed E-state index contributed by atoms with van der Waals surface area (Å²) in [4.78, 5) is 21.6. The Labute approximate surface area is 175 Å². The molecular weight excluding hydrogens is 330 g/mol. The van der Waals surface area contributed by atoms with Gasteiger partial charge in [0.2, 0.25) is 0 Å². The molecule has 0 heterocycles. The molecule has 7 heteroatoms. The summed E-state index contributed by atoms with van der Waals surface area (Å²) in [6.07, 6.45) is 10.3. The van der Waals surface area contributed by atoms with Gasteiger partial charge in [-0.15, -0.1) is 0 Å². The summed E-state index contributed by atoms with van der Waals surface area (Å²) in [5.74, 6) is 0.452. The number of phosphoric acid groups is 1. The van der Waals surface area contributed by atoms with Gasteiger partial charge in [-0.1, -0.05) is 63.6 Å². The zero-order chi connectivity index (χ0) is 16.1. The van der Waals surface area contributed by atoms with Crippen LogP contribution in [0.3, 0.4) is 0 Å². The first-order chi connectivity index (χ1) is 9.84. The van der Waals surface area contributed by atoms with Crippen molar-refractivity contribution in [2.75, 3.05) is 0 Å². The van der Waals surface area contributed by atoms with Gasteiger partial charge in [0.1, 0.15) is 5.75 Å². The first kappa shape index (κ1) is 25.0. The zero-order valence-electron chi connectivity index (χ0n) is 12.6. The Bertz CT molecular complexity index is 414. The molecule has 0 unspecified atom stereocenters. The first-order valence-corrected chi connectivity index (χ1v) is 8.96. The van der Waals surface area contributed by atoms with Crippen LogP contribution in [0, 0.1) is 0 Å². The van der Waals surface area contributed by atoms with E-state index in [1.165, 1.54) is 44.9 Å². The second kappa shape index (κ2) is 15.3. The van der Waals surface area contributed by atoms with Crippen molar-refractivity contribution in [1.29, 1.82) is 0 Å².